The predicted molar refractivity (Wildman–Crippen MR) is 74.9 cm³/mol. The van der Waals surface area contributed by atoms with Crippen LogP contribution in [0.15, 0.2) is 18.2 Å². The highest BCUT2D eigenvalue weighted by atomic mass is 19.2. The SMILES string of the molecule is CCCC(C)N(C)CCC(N)c1cccc(F)c1F. The number of benzene rings is 1. The van der Waals surface area contributed by atoms with E-state index in [1.54, 1.807) is 6.07 Å². The summed E-state index contributed by atoms with van der Waals surface area (Å²) < 4.78 is 26.7. The first-order valence-corrected chi connectivity index (χ1v) is 6.87. The van der Waals surface area contributed by atoms with E-state index in [0.717, 1.165) is 25.5 Å². The second-order valence-corrected chi connectivity index (χ2v) is 5.16. The molecule has 0 fully saturated rings. The highest BCUT2D eigenvalue weighted by Crippen LogP contribution is 2.20. The molecule has 0 spiro atoms. The van der Waals surface area contributed by atoms with Crippen molar-refractivity contribution in [3.63, 3.8) is 0 Å². The first kappa shape index (κ1) is 16.1. The highest BCUT2D eigenvalue weighted by Gasteiger charge is 2.16. The van der Waals surface area contributed by atoms with Gasteiger partial charge in [0, 0.05) is 17.6 Å². The molecular weight excluding hydrogens is 246 g/mol. The van der Waals surface area contributed by atoms with Crippen LogP contribution in [0.25, 0.3) is 0 Å². The Morgan fingerprint density at radius 1 is 1.26 bits per heavy atom. The fourth-order valence-corrected chi connectivity index (χ4v) is 2.16. The molecule has 0 aliphatic carbocycles. The second-order valence-electron chi connectivity index (χ2n) is 5.16. The van der Waals surface area contributed by atoms with E-state index < -0.39 is 17.7 Å². The van der Waals surface area contributed by atoms with Crippen LogP contribution in [0.3, 0.4) is 0 Å². The van der Waals surface area contributed by atoms with Gasteiger partial charge in [-0.2, -0.15) is 0 Å². The van der Waals surface area contributed by atoms with Crippen LogP contribution in [-0.2, 0) is 0 Å². The number of hydrogen-bond donors (Lipinski definition) is 1. The van der Waals surface area contributed by atoms with Crippen LogP contribution >= 0.6 is 0 Å². The number of halogens is 2. The Bertz CT molecular complexity index is 396. The minimum absolute atomic E-state index is 0.261. The maximum atomic E-state index is 13.6. The molecule has 0 aromatic heterocycles. The summed E-state index contributed by atoms with van der Waals surface area (Å²) in [6.45, 7) is 5.09. The molecule has 2 nitrogen and oxygen atoms in total. The molecule has 0 saturated heterocycles. The molecule has 2 unspecified atom stereocenters. The molecule has 2 N–H and O–H groups in total. The lowest BCUT2D eigenvalue weighted by Gasteiger charge is -2.25. The molecule has 4 heteroatoms. The fourth-order valence-electron chi connectivity index (χ4n) is 2.16. The third kappa shape index (κ3) is 4.55. The van der Waals surface area contributed by atoms with E-state index in [4.69, 9.17) is 5.73 Å². The lowest BCUT2D eigenvalue weighted by Crippen LogP contribution is -2.31. The van der Waals surface area contributed by atoms with Gasteiger partial charge in [-0.25, -0.2) is 8.78 Å². The van der Waals surface area contributed by atoms with Gasteiger partial charge in [-0.05, 0) is 39.4 Å². The molecular formula is C15H24F2N2. The van der Waals surface area contributed by atoms with Gasteiger partial charge in [-0.15, -0.1) is 0 Å². The van der Waals surface area contributed by atoms with Gasteiger partial charge in [0.2, 0.25) is 0 Å². The fraction of sp³-hybridized carbons (Fsp3) is 0.600. The highest BCUT2D eigenvalue weighted by molar-refractivity contribution is 5.22. The average Bonchev–Trinajstić information content (AvgIpc) is 2.39. The zero-order valence-electron chi connectivity index (χ0n) is 12.0. The van der Waals surface area contributed by atoms with Crippen molar-refractivity contribution in [3.8, 4) is 0 Å². The number of nitrogens with zero attached hydrogens (tertiary/aromatic N) is 1. The number of rotatable bonds is 7. The van der Waals surface area contributed by atoms with Crippen molar-refractivity contribution in [2.24, 2.45) is 5.73 Å². The van der Waals surface area contributed by atoms with Crippen molar-refractivity contribution in [1.29, 1.82) is 0 Å². The van der Waals surface area contributed by atoms with Crippen LogP contribution in [0.5, 0.6) is 0 Å². The average molecular weight is 270 g/mol. The van der Waals surface area contributed by atoms with Crippen LogP contribution in [0.2, 0.25) is 0 Å². The molecule has 0 radical (unpaired) electrons. The third-order valence-corrected chi connectivity index (χ3v) is 3.63. The summed E-state index contributed by atoms with van der Waals surface area (Å²) in [5, 5.41) is 0. The van der Waals surface area contributed by atoms with Gasteiger partial charge in [0.05, 0.1) is 0 Å². The van der Waals surface area contributed by atoms with E-state index in [-0.39, 0.29) is 5.56 Å². The Kier molecular flexibility index (Phi) is 6.38. The summed E-state index contributed by atoms with van der Waals surface area (Å²) in [6.07, 6.45) is 2.88. The Balaban J connectivity index is 2.55. The zero-order valence-corrected chi connectivity index (χ0v) is 12.0. The Labute approximate surface area is 114 Å². The third-order valence-electron chi connectivity index (χ3n) is 3.63. The van der Waals surface area contributed by atoms with E-state index in [9.17, 15) is 8.78 Å². The van der Waals surface area contributed by atoms with Gasteiger partial charge in [0.15, 0.2) is 11.6 Å². The number of hydrogen-bond acceptors (Lipinski definition) is 2. The summed E-state index contributed by atoms with van der Waals surface area (Å²) in [7, 11) is 2.04. The Hall–Kier alpha value is -1.00. The van der Waals surface area contributed by atoms with E-state index in [1.807, 2.05) is 7.05 Å². The lowest BCUT2D eigenvalue weighted by atomic mass is 10.0. The normalized spacial score (nSPS) is 14.7. The largest absolute Gasteiger partial charge is 0.324 e. The van der Waals surface area contributed by atoms with Crippen molar-refractivity contribution < 1.29 is 8.78 Å². The maximum Gasteiger partial charge on any atom is 0.163 e. The summed E-state index contributed by atoms with van der Waals surface area (Å²) in [6, 6.07) is 4.18. The van der Waals surface area contributed by atoms with Crippen molar-refractivity contribution in [2.75, 3.05) is 13.6 Å². The minimum atomic E-state index is -0.833. The van der Waals surface area contributed by atoms with Gasteiger partial charge in [0.25, 0.3) is 0 Å². The molecule has 1 aromatic rings. The first-order valence-electron chi connectivity index (χ1n) is 6.87. The smallest absolute Gasteiger partial charge is 0.163 e. The molecule has 0 amide bonds. The van der Waals surface area contributed by atoms with Crippen LogP contribution in [0.4, 0.5) is 8.78 Å². The van der Waals surface area contributed by atoms with E-state index in [0.29, 0.717) is 12.5 Å². The maximum absolute atomic E-state index is 13.6. The van der Waals surface area contributed by atoms with Gasteiger partial charge in [0.1, 0.15) is 0 Å². The summed E-state index contributed by atoms with van der Waals surface area (Å²) in [5.74, 6) is -1.65. The second kappa shape index (κ2) is 7.56. The molecule has 0 aliphatic heterocycles. The molecule has 19 heavy (non-hydrogen) atoms. The van der Waals surface area contributed by atoms with Crippen LogP contribution in [-0.4, -0.2) is 24.5 Å². The van der Waals surface area contributed by atoms with Gasteiger partial charge in [-0.1, -0.05) is 25.5 Å². The van der Waals surface area contributed by atoms with Gasteiger partial charge in [-0.3, -0.25) is 0 Å². The topological polar surface area (TPSA) is 29.3 Å². The molecule has 108 valence electrons. The van der Waals surface area contributed by atoms with Crippen molar-refractivity contribution in [2.45, 2.75) is 45.2 Å². The summed E-state index contributed by atoms with van der Waals surface area (Å²) in [4.78, 5) is 2.21. The first-order chi connectivity index (χ1) is 8.97. The standard InChI is InChI=1S/C15H24F2N2/c1-4-6-11(2)19(3)10-9-14(18)12-7-5-8-13(16)15(12)17/h5,7-8,11,14H,4,6,9-10,18H2,1-3H3. The molecule has 0 aliphatic rings. The van der Waals surface area contributed by atoms with E-state index in [1.165, 1.54) is 6.07 Å². The predicted octanol–water partition coefficient (Wildman–Crippen LogP) is 3.48. The molecule has 1 rings (SSSR count). The molecule has 2 atom stereocenters. The molecule has 0 bridgehead atoms. The van der Waals surface area contributed by atoms with Crippen molar-refractivity contribution >= 4 is 0 Å². The quantitative estimate of drug-likeness (QED) is 0.822. The van der Waals surface area contributed by atoms with E-state index in [2.05, 4.69) is 18.7 Å². The minimum Gasteiger partial charge on any atom is -0.324 e. The van der Waals surface area contributed by atoms with Gasteiger partial charge >= 0.3 is 0 Å². The lowest BCUT2D eigenvalue weighted by molar-refractivity contribution is 0.236. The monoisotopic (exact) mass is 270 g/mol. The Morgan fingerprint density at radius 2 is 1.95 bits per heavy atom. The van der Waals surface area contributed by atoms with Crippen LogP contribution in [0.1, 0.15) is 44.7 Å². The van der Waals surface area contributed by atoms with Crippen molar-refractivity contribution in [3.05, 3.63) is 35.4 Å². The van der Waals surface area contributed by atoms with Crippen molar-refractivity contribution in [1.82, 2.24) is 4.90 Å². The molecule has 0 heterocycles. The summed E-state index contributed by atoms with van der Waals surface area (Å²) in [5.41, 5.74) is 6.21. The number of nitrogens with two attached hydrogens (primary N) is 1. The molecule has 0 saturated carbocycles. The van der Waals surface area contributed by atoms with Gasteiger partial charge < -0.3 is 10.6 Å². The molecule has 1 aromatic carbocycles. The van der Waals surface area contributed by atoms with Crippen LogP contribution in [0, 0.1) is 11.6 Å². The van der Waals surface area contributed by atoms with Crippen LogP contribution < -0.4 is 5.73 Å². The Morgan fingerprint density at radius 3 is 2.58 bits per heavy atom. The van der Waals surface area contributed by atoms with E-state index >= 15 is 0 Å². The zero-order chi connectivity index (χ0) is 14.4. The summed E-state index contributed by atoms with van der Waals surface area (Å²) >= 11 is 0.